The molecule has 0 radical (unpaired) electrons. The van der Waals surface area contributed by atoms with E-state index in [0.29, 0.717) is 24.6 Å². The van der Waals surface area contributed by atoms with Crippen LogP contribution in [0.5, 0.6) is 11.5 Å². The van der Waals surface area contributed by atoms with Gasteiger partial charge in [0.1, 0.15) is 17.8 Å². The second-order valence-electron chi connectivity index (χ2n) is 12.8. The van der Waals surface area contributed by atoms with Gasteiger partial charge < -0.3 is 30.7 Å². The van der Waals surface area contributed by atoms with E-state index in [9.17, 15) is 23.9 Å². The number of phenols is 1. The molecule has 2 aromatic rings. The number of nitrogens with zero attached hydrogens (tertiary/aromatic N) is 1. The normalized spacial score (nSPS) is 14.2. The fourth-order valence-electron chi connectivity index (χ4n) is 4.69. The first-order chi connectivity index (χ1) is 20.7. The van der Waals surface area contributed by atoms with Crippen LogP contribution < -0.4 is 20.7 Å². The number of nitrogens with one attached hydrogen (secondary N) is 3. The van der Waals surface area contributed by atoms with E-state index in [1.165, 1.54) is 12.1 Å². The Kier molecular flexibility index (Phi) is 14.6. The summed E-state index contributed by atoms with van der Waals surface area (Å²) in [6.07, 6.45) is 0.948. The molecule has 4 N–H and O–H groups in total. The van der Waals surface area contributed by atoms with Crippen LogP contribution in [0, 0.1) is 29.5 Å². The van der Waals surface area contributed by atoms with Crippen molar-refractivity contribution < 1.29 is 28.6 Å². The summed E-state index contributed by atoms with van der Waals surface area (Å²) < 4.78 is 19.7. The number of carbonyl (C=O) groups is 3. The van der Waals surface area contributed by atoms with Crippen LogP contribution in [0.15, 0.2) is 42.5 Å². The molecule has 0 aliphatic heterocycles. The number of amides is 3. The molecule has 44 heavy (non-hydrogen) atoms. The molecule has 10 heteroatoms. The van der Waals surface area contributed by atoms with E-state index in [0.717, 1.165) is 17.7 Å². The quantitative estimate of drug-likeness (QED) is 0.215. The van der Waals surface area contributed by atoms with Gasteiger partial charge in [-0.2, -0.15) is 0 Å². The van der Waals surface area contributed by atoms with Crippen molar-refractivity contribution in [2.24, 2.45) is 23.7 Å². The maximum absolute atomic E-state index is 13.8. The molecule has 0 saturated carbocycles. The van der Waals surface area contributed by atoms with Gasteiger partial charge in [-0.25, -0.2) is 4.39 Å². The SMILES string of the molecule is CC(C)COc1ccccc1C[C@H](C)CNC(=O)[C@H](CN(C)C)NC(=O)[C@H](NC(=O)[C@H](C)Cc1ccc(O)c(F)c1)C(C)C. The Morgan fingerprint density at radius 3 is 2.20 bits per heavy atom. The second kappa shape index (κ2) is 17.6. The van der Waals surface area contributed by atoms with Gasteiger partial charge in [0.05, 0.1) is 6.61 Å². The van der Waals surface area contributed by atoms with E-state index in [-0.39, 0.29) is 36.6 Å². The fourth-order valence-corrected chi connectivity index (χ4v) is 4.69. The molecule has 0 saturated heterocycles. The number of ether oxygens (including phenoxy) is 1. The Labute approximate surface area is 261 Å². The van der Waals surface area contributed by atoms with Crippen molar-refractivity contribution in [3.05, 3.63) is 59.4 Å². The largest absolute Gasteiger partial charge is 0.505 e. The summed E-state index contributed by atoms with van der Waals surface area (Å²) in [5.41, 5.74) is 1.63. The lowest BCUT2D eigenvalue weighted by molar-refractivity contribution is -0.134. The molecule has 0 bridgehead atoms. The molecule has 0 fully saturated rings. The third kappa shape index (κ3) is 12.1. The molecule has 0 heterocycles. The second-order valence-corrected chi connectivity index (χ2v) is 12.8. The highest BCUT2D eigenvalue weighted by atomic mass is 19.1. The average Bonchev–Trinajstić information content (AvgIpc) is 2.95. The molecule has 0 aliphatic carbocycles. The molecule has 0 aromatic heterocycles. The van der Waals surface area contributed by atoms with Gasteiger partial charge in [-0.05, 0) is 74.0 Å². The summed E-state index contributed by atoms with van der Waals surface area (Å²) in [6.45, 7) is 12.9. The average molecular weight is 615 g/mol. The molecular formula is C34H51FN4O5. The van der Waals surface area contributed by atoms with Crippen LogP contribution in [-0.2, 0) is 27.2 Å². The highest BCUT2D eigenvalue weighted by Crippen LogP contribution is 2.22. The smallest absolute Gasteiger partial charge is 0.243 e. The number of aromatic hydroxyl groups is 1. The Balaban J connectivity index is 2.01. The minimum Gasteiger partial charge on any atom is -0.505 e. The molecule has 244 valence electrons. The van der Waals surface area contributed by atoms with Crippen molar-refractivity contribution >= 4 is 17.7 Å². The zero-order chi connectivity index (χ0) is 33.0. The summed E-state index contributed by atoms with van der Waals surface area (Å²) >= 11 is 0. The molecule has 0 spiro atoms. The van der Waals surface area contributed by atoms with Gasteiger partial charge in [0, 0.05) is 19.0 Å². The standard InChI is InChI=1S/C34H51FN4O5/c1-21(2)20-44-30-12-10-9-11-26(30)15-23(5)18-36-33(42)28(19-39(7)8)37-34(43)31(22(3)4)38-32(41)24(6)16-25-13-14-29(40)27(35)17-25/h9-14,17,21-24,28,31,40H,15-16,18-20H2,1-8H3,(H,36,42)(H,37,43)(H,38,41)/t23-,24+,28-,31+/m0/s1. The van der Waals surface area contributed by atoms with E-state index in [4.69, 9.17) is 4.74 Å². The van der Waals surface area contributed by atoms with Crippen LogP contribution >= 0.6 is 0 Å². The number of carbonyl (C=O) groups excluding carboxylic acids is 3. The Bertz CT molecular complexity index is 1240. The van der Waals surface area contributed by atoms with Crippen molar-refractivity contribution in [1.82, 2.24) is 20.9 Å². The maximum Gasteiger partial charge on any atom is 0.243 e. The zero-order valence-electron chi connectivity index (χ0n) is 27.4. The molecule has 4 atom stereocenters. The zero-order valence-corrected chi connectivity index (χ0v) is 27.4. The molecule has 2 aromatic carbocycles. The molecular weight excluding hydrogens is 563 g/mol. The lowest BCUT2D eigenvalue weighted by Gasteiger charge is -2.28. The van der Waals surface area contributed by atoms with Gasteiger partial charge in [-0.3, -0.25) is 14.4 Å². The Morgan fingerprint density at radius 2 is 1.59 bits per heavy atom. The third-order valence-corrected chi connectivity index (χ3v) is 7.17. The van der Waals surface area contributed by atoms with Gasteiger partial charge in [-0.1, -0.05) is 65.8 Å². The van der Waals surface area contributed by atoms with Crippen LogP contribution in [0.3, 0.4) is 0 Å². The summed E-state index contributed by atoms with van der Waals surface area (Å²) in [5, 5.41) is 18.1. The number of likely N-dealkylation sites (N-methyl/N-ethyl adjacent to an activating group) is 1. The molecule has 9 nitrogen and oxygen atoms in total. The van der Waals surface area contributed by atoms with Crippen molar-refractivity contribution in [2.45, 2.75) is 66.5 Å². The lowest BCUT2D eigenvalue weighted by atomic mass is 9.97. The van der Waals surface area contributed by atoms with Gasteiger partial charge in [0.15, 0.2) is 11.6 Å². The molecule has 3 amide bonds. The van der Waals surface area contributed by atoms with Gasteiger partial charge >= 0.3 is 0 Å². The lowest BCUT2D eigenvalue weighted by Crippen LogP contribution is -2.58. The van der Waals surface area contributed by atoms with E-state index >= 15 is 0 Å². The predicted molar refractivity (Wildman–Crippen MR) is 171 cm³/mol. The molecule has 2 rings (SSSR count). The van der Waals surface area contributed by atoms with Gasteiger partial charge in [0.2, 0.25) is 17.7 Å². The highest BCUT2D eigenvalue weighted by Gasteiger charge is 2.30. The Morgan fingerprint density at radius 1 is 0.909 bits per heavy atom. The summed E-state index contributed by atoms with van der Waals surface area (Å²) in [7, 11) is 3.64. The Hall–Kier alpha value is -3.66. The van der Waals surface area contributed by atoms with Crippen molar-refractivity contribution in [2.75, 3.05) is 33.8 Å². The number of rotatable bonds is 17. The topological polar surface area (TPSA) is 120 Å². The third-order valence-electron chi connectivity index (χ3n) is 7.17. The monoisotopic (exact) mass is 614 g/mol. The maximum atomic E-state index is 13.8. The number of para-hydroxylation sites is 1. The number of benzene rings is 2. The van der Waals surface area contributed by atoms with Gasteiger partial charge in [0.25, 0.3) is 0 Å². The predicted octanol–water partition coefficient (Wildman–Crippen LogP) is 3.93. The highest BCUT2D eigenvalue weighted by molar-refractivity contribution is 5.92. The van der Waals surface area contributed by atoms with Gasteiger partial charge in [-0.15, -0.1) is 0 Å². The van der Waals surface area contributed by atoms with Crippen molar-refractivity contribution in [1.29, 1.82) is 0 Å². The number of halogens is 1. The first kappa shape index (κ1) is 36.5. The van der Waals surface area contributed by atoms with E-state index < -0.39 is 35.5 Å². The first-order valence-electron chi connectivity index (χ1n) is 15.4. The van der Waals surface area contributed by atoms with E-state index in [1.807, 2.05) is 57.1 Å². The summed E-state index contributed by atoms with van der Waals surface area (Å²) in [6, 6.07) is 10.2. The molecule has 0 aliphatic rings. The minimum absolute atomic E-state index is 0.115. The number of hydrogen-bond donors (Lipinski definition) is 4. The summed E-state index contributed by atoms with van der Waals surface area (Å²) in [5.74, 6) is -1.77. The summed E-state index contributed by atoms with van der Waals surface area (Å²) in [4.78, 5) is 41.5. The minimum atomic E-state index is -0.875. The first-order valence-corrected chi connectivity index (χ1v) is 15.4. The molecule has 0 unspecified atom stereocenters. The van der Waals surface area contributed by atoms with Crippen LogP contribution in [-0.4, -0.2) is 73.6 Å². The van der Waals surface area contributed by atoms with E-state index in [1.54, 1.807) is 13.0 Å². The van der Waals surface area contributed by atoms with E-state index in [2.05, 4.69) is 36.7 Å². The van der Waals surface area contributed by atoms with Crippen LogP contribution in [0.25, 0.3) is 0 Å². The van der Waals surface area contributed by atoms with Crippen LogP contribution in [0.4, 0.5) is 4.39 Å². The van der Waals surface area contributed by atoms with Crippen molar-refractivity contribution in [3.8, 4) is 11.5 Å². The van der Waals surface area contributed by atoms with Crippen LogP contribution in [0.1, 0.15) is 52.7 Å². The number of hydrogen-bond acceptors (Lipinski definition) is 6. The van der Waals surface area contributed by atoms with Crippen molar-refractivity contribution in [3.63, 3.8) is 0 Å². The fraction of sp³-hybridized carbons (Fsp3) is 0.559. The number of phenolic OH excluding ortho intramolecular Hbond substituents is 1. The van der Waals surface area contributed by atoms with Crippen LogP contribution in [0.2, 0.25) is 0 Å².